The lowest BCUT2D eigenvalue weighted by Crippen LogP contribution is -2.61. The van der Waals surface area contributed by atoms with Crippen LogP contribution >= 0.6 is 0 Å². The molecule has 0 radical (unpaired) electrons. The van der Waals surface area contributed by atoms with Crippen LogP contribution in [0.5, 0.6) is 0 Å². The van der Waals surface area contributed by atoms with Gasteiger partial charge in [0, 0.05) is 46.8 Å². The standard InChI is InChI=1S/C77H60N2Si/c1-10-28-71-52(18-1)19-17-43-78(71)53-37-41-61-59-39-35-50(46-67(59)76(69(61)48-53)63-24-6-2-20-55(63)56-21-3-7-25-64(56)76)33-34-51-36-40-60-62-42-38-54(79-72-29-11-13-31-74(72)80(44-15-16-45-80)75-32-14-12-30-73(75)79)49-70(62)77(68(60)47-51)65-26-8-4-22-57(65)58-23-5-9-27-66(58)77/h1-9,11-14,18,20-27,29-42,46-49,62,70H,10,15-17,19,28,43-45H2/b34-33+. The van der Waals surface area contributed by atoms with E-state index in [9.17, 15) is 0 Å². The third-order valence-corrected chi connectivity index (χ3v) is 26.2. The first-order valence-corrected chi connectivity index (χ1v) is 32.1. The monoisotopic (exact) mass is 1040 g/mol. The van der Waals surface area contributed by atoms with Crippen LogP contribution < -0.4 is 20.2 Å². The second-order valence-electron chi connectivity index (χ2n) is 24.3. The van der Waals surface area contributed by atoms with E-state index in [0.717, 1.165) is 19.4 Å². The van der Waals surface area contributed by atoms with E-state index in [1.165, 1.54) is 161 Å². The summed E-state index contributed by atoms with van der Waals surface area (Å²) in [6, 6.07) is 81.2. The number of nitrogens with zero attached hydrogens (tertiary/aromatic N) is 2. The van der Waals surface area contributed by atoms with Gasteiger partial charge < -0.3 is 9.80 Å². The zero-order valence-corrected chi connectivity index (χ0v) is 46.0. The molecule has 0 saturated carbocycles. The molecule has 3 heteroatoms. The number of rotatable bonds is 4. The quantitative estimate of drug-likeness (QED) is 0.128. The molecule has 1 saturated heterocycles. The smallest absolute Gasteiger partial charge is 0.123 e. The second kappa shape index (κ2) is 16.8. The molecule has 3 aliphatic heterocycles. The van der Waals surface area contributed by atoms with Crippen molar-refractivity contribution in [3.05, 3.63) is 303 Å². The van der Waals surface area contributed by atoms with E-state index in [1.54, 1.807) is 10.4 Å². The number of para-hydroxylation sites is 2. The Hall–Kier alpha value is -8.50. The summed E-state index contributed by atoms with van der Waals surface area (Å²) in [6.07, 6.45) is 24.6. The van der Waals surface area contributed by atoms with Gasteiger partial charge in [-0.3, -0.25) is 0 Å². The maximum Gasteiger partial charge on any atom is 0.123 e. The molecule has 9 aromatic carbocycles. The molecule has 3 heterocycles. The van der Waals surface area contributed by atoms with Gasteiger partial charge in [-0.05, 0) is 179 Å². The average Bonchev–Trinajstić information content (AvgIpc) is 4.51. The van der Waals surface area contributed by atoms with Gasteiger partial charge in [-0.15, -0.1) is 0 Å². The van der Waals surface area contributed by atoms with Crippen molar-refractivity contribution in [1.29, 1.82) is 0 Å². The van der Waals surface area contributed by atoms with Gasteiger partial charge in [0.05, 0.1) is 10.8 Å². The summed E-state index contributed by atoms with van der Waals surface area (Å²) in [7, 11) is -1.88. The minimum absolute atomic E-state index is 0.167. The summed E-state index contributed by atoms with van der Waals surface area (Å²) >= 11 is 0. The lowest BCUT2D eigenvalue weighted by Gasteiger charge is -2.44. The Balaban J connectivity index is 0.778. The largest absolute Gasteiger partial charge is 0.345 e. The van der Waals surface area contributed by atoms with Crippen molar-refractivity contribution in [2.24, 2.45) is 5.92 Å². The third kappa shape index (κ3) is 5.83. The van der Waals surface area contributed by atoms with E-state index in [2.05, 4.69) is 253 Å². The molecule has 1 fully saturated rings. The Labute approximate surface area is 471 Å². The SMILES string of the molecule is C1=CC2=C(CC1)N(c1ccc3c(c1)C1(c4ccccc4-c4ccccc41)c1cc(/C=C/c4ccc5c(c4)C4(c6ccccc6-c6ccccc64)C4C=C(N6c7ccccc7[Si]7(CCCC7)c7ccccc76)C=CC54)ccc1-3)CCC2. The summed E-state index contributed by atoms with van der Waals surface area (Å²) < 4.78 is 0. The lowest BCUT2D eigenvalue weighted by molar-refractivity contribution is 0.462. The van der Waals surface area contributed by atoms with E-state index in [1.807, 2.05) is 0 Å². The maximum absolute atomic E-state index is 2.70. The fourth-order valence-electron chi connectivity index (χ4n) is 17.8. The van der Waals surface area contributed by atoms with Crippen LogP contribution in [-0.2, 0) is 10.8 Å². The first-order valence-electron chi connectivity index (χ1n) is 29.7. The van der Waals surface area contributed by atoms with Crippen LogP contribution in [-0.4, -0.2) is 14.6 Å². The zero-order chi connectivity index (χ0) is 52.3. The van der Waals surface area contributed by atoms with Gasteiger partial charge >= 0.3 is 0 Å². The molecule has 2 unspecified atom stereocenters. The summed E-state index contributed by atoms with van der Waals surface area (Å²) in [5.41, 5.74) is 29.5. The molecule has 0 N–H and O–H groups in total. The van der Waals surface area contributed by atoms with Crippen molar-refractivity contribution >= 4 is 47.7 Å². The molecule has 2 atom stereocenters. The first kappa shape index (κ1) is 45.4. The molecule has 0 aromatic heterocycles. The van der Waals surface area contributed by atoms with E-state index < -0.39 is 13.5 Å². The molecule has 18 rings (SSSR count). The van der Waals surface area contributed by atoms with Gasteiger partial charge in [0.25, 0.3) is 0 Å². The van der Waals surface area contributed by atoms with Crippen molar-refractivity contribution in [3.63, 3.8) is 0 Å². The van der Waals surface area contributed by atoms with Crippen LogP contribution in [0.25, 0.3) is 45.5 Å². The van der Waals surface area contributed by atoms with Gasteiger partial charge in [-0.2, -0.15) is 0 Å². The summed E-state index contributed by atoms with van der Waals surface area (Å²) in [5, 5.41) is 3.25. The molecule has 0 bridgehead atoms. The highest BCUT2D eigenvalue weighted by Gasteiger charge is 2.58. The molecule has 9 aromatic rings. The number of hydrogen-bond acceptors (Lipinski definition) is 2. The molecule has 80 heavy (non-hydrogen) atoms. The highest BCUT2D eigenvalue weighted by molar-refractivity contribution is 7.05. The molecule has 6 aliphatic carbocycles. The minimum atomic E-state index is -1.88. The van der Waals surface area contributed by atoms with Crippen LogP contribution in [0.2, 0.25) is 12.1 Å². The number of allylic oxidation sites excluding steroid dienone is 7. The number of hydrogen-bond donors (Lipinski definition) is 0. The lowest BCUT2D eigenvalue weighted by atomic mass is 9.65. The third-order valence-electron chi connectivity index (χ3n) is 20.9. The Morgan fingerprint density at radius 3 is 1.70 bits per heavy atom. The molecule has 0 amide bonds. The van der Waals surface area contributed by atoms with Crippen molar-refractivity contribution < 1.29 is 0 Å². The van der Waals surface area contributed by atoms with E-state index >= 15 is 0 Å². The zero-order valence-electron chi connectivity index (χ0n) is 45.0. The fraction of sp³-hybridized carbons (Fsp3) is 0.169. The summed E-state index contributed by atoms with van der Waals surface area (Å²) in [4.78, 5) is 5.31. The predicted octanol–water partition coefficient (Wildman–Crippen LogP) is 17.4. The van der Waals surface area contributed by atoms with Crippen molar-refractivity contribution in [2.45, 2.75) is 67.4 Å². The van der Waals surface area contributed by atoms with Crippen molar-refractivity contribution in [2.75, 3.05) is 16.3 Å². The summed E-state index contributed by atoms with van der Waals surface area (Å²) in [6.45, 7) is 1.07. The van der Waals surface area contributed by atoms with Gasteiger partial charge in [0.1, 0.15) is 8.07 Å². The molecule has 2 nitrogen and oxygen atoms in total. The first-order chi connectivity index (χ1) is 39.6. The van der Waals surface area contributed by atoms with E-state index in [-0.39, 0.29) is 17.3 Å². The number of fused-ring (bicyclic) bond motifs is 24. The Bertz CT molecular complexity index is 4200. The molecule has 9 aliphatic rings. The predicted molar refractivity (Wildman–Crippen MR) is 334 cm³/mol. The van der Waals surface area contributed by atoms with E-state index in [0.29, 0.717) is 0 Å². The topological polar surface area (TPSA) is 6.48 Å². The Morgan fingerprint density at radius 2 is 1.02 bits per heavy atom. The van der Waals surface area contributed by atoms with Gasteiger partial charge in [-0.25, -0.2) is 0 Å². The molecular formula is C77H60N2Si. The van der Waals surface area contributed by atoms with Gasteiger partial charge in [0.2, 0.25) is 0 Å². The number of benzene rings is 9. The van der Waals surface area contributed by atoms with Crippen LogP contribution in [0, 0.1) is 5.92 Å². The highest BCUT2D eigenvalue weighted by atomic mass is 28.3. The average molecular weight is 1040 g/mol. The van der Waals surface area contributed by atoms with Crippen LogP contribution in [0.15, 0.2) is 248 Å². The van der Waals surface area contributed by atoms with Crippen molar-refractivity contribution in [3.8, 4) is 33.4 Å². The second-order valence-corrected chi connectivity index (χ2v) is 28.5. The molecular weight excluding hydrogens is 981 g/mol. The van der Waals surface area contributed by atoms with Gasteiger partial charge in [0.15, 0.2) is 0 Å². The fourth-order valence-corrected chi connectivity index (χ4v) is 23.4. The van der Waals surface area contributed by atoms with E-state index in [4.69, 9.17) is 0 Å². The molecule has 3 spiro atoms. The highest BCUT2D eigenvalue weighted by Crippen LogP contribution is 2.67. The van der Waals surface area contributed by atoms with Gasteiger partial charge in [-0.1, -0.05) is 219 Å². The van der Waals surface area contributed by atoms with Crippen molar-refractivity contribution in [1.82, 2.24) is 0 Å². The van der Waals surface area contributed by atoms with Crippen LogP contribution in [0.1, 0.15) is 100 Å². The minimum Gasteiger partial charge on any atom is -0.345 e. The maximum atomic E-state index is 2.70. The normalized spacial score (nSPS) is 20.7. The Kier molecular flexibility index (Phi) is 9.51. The van der Waals surface area contributed by atoms with Crippen LogP contribution in [0.4, 0.5) is 17.1 Å². The Morgan fingerprint density at radius 1 is 0.475 bits per heavy atom. The molecule has 382 valence electrons. The number of anilines is 3. The van der Waals surface area contributed by atoms with Crippen LogP contribution in [0.3, 0.4) is 0 Å². The summed E-state index contributed by atoms with van der Waals surface area (Å²) in [5.74, 6) is 0.387.